The van der Waals surface area contributed by atoms with Gasteiger partial charge in [0.05, 0.1) is 22.4 Å². The van der Waals surface area contributed by atoms with Gasteiger partial charge in [0.15, 0.2) is 0 Å². The normalized spacial score (nSPS) is 11.3. The topological polar surface area (TPSA) is 81.5 Å². The van der Waals surface area contributed by atoms with Crippen LogP contribution in [0.2, 0.25) is 0 Å². The molecule has 6 aromatic rings. The fraction of sp³-hybridized carbons (Fsp3) is 0.162. The summed E-state index contributed by atoms with van der Waals surface area (Å²) in [5.74, 6) is -0.170. The molecule has 4 aromatic carbocycles. The minimum Gasteiger partial charge on any atom is -1.00 e. The Bertz CT molecular complexity index is 1860. The Hall–Kier alpha value is -4.37. The van der Waals surface area contributed by atoms with Gasteiger partial charge >= 0.3 is 35.5 Å². The van der Waals surface area contributed by atoms with E-state index in [0.717, 1.165) is 33.3 Å². The van der Waals surface area contributed by atoms with E-state index in [-0.39, 0.29) is 62.3 Å². The number of fused-ring (bicyclic) bond motifs is 2. The molecule has 0 aliphatic carbocycles. The van der Waals surface area contributed by atoms with Crippen LogP contribution in [0.15, 0.2) is 109 Å². The van der Waals surface area contributed by atoms with Crippen molar-refractivity contribution in [2.45, 2.75) is 38.4 Å². The molecule has 0 saturated heterocycles. The van der Waals surface area contributed by atoms with E-state index in [1.54, 1.807) is 12.1 Å². The molecule has 0 spiro atoms. The molecule has 0 aliphatic rings. The van der Waals surface area contributed by atoms with Gasteiger partial charge in [-0.05, 0) is 90.3 Å². The van der Waals surface area contributed by atoms with Crippen molar-refractivity contribution in [1.82, 2.24) is 9.97 Å². The molecule has 2 aromatic heterocycles. The molecule has 46 heavy (non-hydrogen) atoms. The zero-order chi connectivity index (χ0) is 31.4. The number of carboxylic acid groups (broad SMARTS) is 1. The van der Waals surface area contributed by atoms with E-state index < -0.39 is 11.4 Å². The molecule has 0 unspecified atom stereocenters. The molecule has 6 nitrogen and oxygen atoms in total. The predicted molar refractivity (Wildman–Crippen MR) is 169 cm³/mol. The number of aliphatic carboxylic acids is 1. The molecular weight excluding hydrogens is 597 g/mol. The molecule has 0 atom stereocenters. The van der Waals surface area contributed by atoms with E-state index in [9.17, 15) is 18.7 Å². The van der Waals surface area contributed by atoms with Crippen LogP contribution in [0.4, 0.5) is 8.78 Å². The predicted octanol–water partition coefficient (Wildman–Crippen LogP) is 5.51. The van der Waals surface area contributed by atoms with Gasteiger partial charge in [-0.2, -0.15) is 0 Å². The number of halogens is 2. The number of nitrogens with zero attached hydrogens (tertiary/aromatic N) is 2. The van der Waals surface area contributed by atoms with Gasteiger partial charge in [0.25, 0.3) is 0 Å². The Labute approximate surface area is 288 Å². The zero-order valence-corrected chi connectivity index (χ0v) is 27.5. The minimum atomic E-state index is -0.864. The van der Waals surface area contributed by atoms with Gasteiger partial charge in [0, 0.05) is 22.6 Å². The van der Waals surface area contributed by atoms with E-state index >= 15 is 0 Å². The van der Waals surface area contributed by atoms with Crippen LogP contribution < -0.4 is 39.0 Å². The van der Waals surface area contributed by atoms with Crippen molar-refractivity contribution in [2.75, 3.05) is 0 Å². The van der Waals surface area contributed by atoms with Crippen LogP contribution in [0.3, 0.4) is 0 Å². The Morgan fingerprint density at radius 2 is 1.13 bits per heavy atom. The molecule has 9 heteroatoms. The molecule has 0 fully saturated rings. The fourth-order valence-electron chi connectivity index (χ4n) is 5.40. The van der Waals surface area contributed by atoms with Gasteiger partial charge < -0.3 is 16.0 Å². The summed E-state index contributed by atoms with van der Waals surface area (Å²) in [5, 5.41) is 10.9. The first kappa shape index (κ1) is 33.0. The van der Waals surface area contributed by atoms with Gasteiger partial charge in [0.1, 0.15) is 36.3 Å². The number of hydrogen-bond acceptors (Lipinski definition) is 5. The average molecular weight is 629 g/mol. The maximum atomic E-state index is 13.5. The van der Waals surface area contributed by atoms with Crippen LogP contribution in [0.1, 0.15) is 43.7 Å². The molecule has 228 valence electrons. The molecule has 2 heterocycles. The van der Waals surface area contributed by atoms with Crippen molar-refractivity contribution >= 4 is 27.8 Å². The second kappa shape index (κ2) is 14.4. The summed E-state index contributed by atoms with van der Waals surface area (Å²) in [4.78, 5) is 20.7. The Balaban J connectivity index is 0.00000250. The smallest absolute Gasteiger partial charge is 1.00 e. The molecule has 0 radical (unpaired) electrons. The van der Waals surface area contributed by atoms with Gasteiger partial charge in [-0.15, -0.1) is 0 Å². The molecule has 0 aliphatic heterocycles. The van der Waals surface area contributed by atoms with Gasteiger partial charge in [-0.1, -0.05) is 43.3 Å². The number of carboxylic acids is 1. The monoisotopic (exact) mass is 628 g/mol. The summed E-state index contributed by atoms with van der Waals surface area (Å²) in [7, 11) is 0. The molecule has 6 rings (SSSR count). The summed E-state index contributed by atoms with van der Waals surface area (Å²) in [5.41, 5.74) is 4.15. The van der Waals surface area contributed by atoms with E-state index in [0.29, 0.717) is 29.0 Å². The molecule has 0 saturated carbocycles. The van der Waals surface area contributed by atoms with Crippen molar-refractivity contribution in [2.24, 2.45) is 0 Å². The Morgan fingerprint density at radius 1 is 0.696 bits per heavy atom. The Morgan fingerprint density at radius 3 is 1.54 bits per heavy atom. The van der Waals surface area contributed by atoms with Crippen molar-refractivity contribution in [3.63, 3.8) is 0 Å². The van der Waals surface area contributed by atoms with Crippen molar-refractivity contribution in [3.8, 4) is 11.5 Å². The maximum Gasteiger partial charge on any atom is 1.00 e. The van der Waals surface area contributed by atoms with Crippen LogP contribution >= 0.6 is 0 Å². The third kappa shape index (κ3) is 7.70. The van der Waals surface area contributed by atoms with Crippen LogP contribution in [0.25, 0.3) is 21.8 Å². The summed E-state index contributed by atoms with van der Waals surface area (Å²) >= 11 is 0. The average Bonchev–Trinajstić information content (AvgIpc) is 3.05. The number of pyridine rings is 2. The minimum absolute atomic E-state index is 0. The molecule has 0 amide bonds. The summed E-state index contributed by atoms with van der Waals surface area (Å²) in [6.07, 6.45) is 0.397. The van der Waals surface area contributed by atoms with Gasteiger partial charge in [-0.25, -0.2) is 18.7 Å². The second-order valence-electron chi connectivity index (χ2n) is 11.1. The number of hydrogen-bond donors (Lipinski definition) is 1. The van der Waals surface area contributed by atoms with E-state index in [1.165, 1.54) is 24.3 Å². The SMILES string of the molecule is CC(CCC(=O)O)(c1ccc(OCc2ccc3cc(F)ccc3n2)cc1)c1ccc(OCc2ccc3cc(F)ccc3n2)cc1.[H-].[Na+]. The third-order valence-electron chi connectivity index (χ3n) is 8.01. The third-order valence-corrected chi connectivity index (χ3v) is 8.01. The fourth-order valence-corrected chi connectivity index (χ4v) is 5.40. The number of carbonyl (C=O) groups is 1. The van der Waals surface area contributed by atoms with Crippen molar-refractivity contribution < 1.29 is 59.1 Å². The quantitative estimate of drug-likeness (QED) is 0.191. The molecule has 0 bridgehead atoms. The molecule has 1 N–H and O–H groups in total. The van der Waals surface area contributed by atoms with Crippen LogP contribution in [0.5, 0.6) is 11.5 Å². The summed E-state index contributed by atoms with van der Waals surface area (Å²) in [6.45, 7) is 2.53. The van der Waals surface area contributed by atoms with Crippen molar-refractivity contribution in [1.29, 1.82) is 0 Å². The number of benzene rings is 4. The first-order valence-corrected chi connectivity index (χ1v) is 14.5. The molecular formula is C37H31F2N2NaO4. The first-order valence-electron chi connectivity index (χ1n) is 14.5. The maximum absolute atomic E-state index is 13.5. The van der Waals surface area contributed by atoms with Gasteiger partial charge in [0.2, 0.25) is 0 Å². The first-order chi connectivity index (χ1) is 21.7. The van der Waals surface area contributed by atoms with Crippen LogP contribution in [-0.2, 0) is 23.4 Å². The summed E-state index contributed by atoms with van der Waals surface area (Å²) < 4.78 is 38.9. The zero-order valence-electron chi connectivity index (χ0n) is 26.5. The number of rotatable bonds is 11. The van der Waals surface area contributed by atoms with Crippen LogP contribution in [-0.4, -0.2) is 21.0 Å². The van der Waals surface area contributed by atoms with E-state index in [2.05, 4.69) is 9.97 Å². The van der Waals surface area contributed by atoms with E-state index in [4.69, 9.17) is 9.47 Å². The van der Waals surface area contributed by atoms with Crippen LogP contribution in [0, 0.1) is 11.6 Å². The van der Waals surface area contributed by atoms with E-state index in [1.807, 2.05) is 79.7 Å². The second-order valence-corrected chi connectivity index (χ2v) is 11.1. The number of aromatic nitrogens is 2. The Kier molecular flexibility index (Phi) is 10.3. The number of ether oxygens (including phenoxy) is 2. The standard InChI is InChI=1S/C37H30F2N2O4.Na.H/c1-37(19-18-36(42)43,26-4-12-32(13-5-26)44-22-30-10-2-24-20-28(38)8-16-34(24)40-30)27-6-14-33(15-7-27)45-23-31-11-3-25-21-29(39)9-17-35(25)41-31;;/h2-17,20-21H,18-19,22-23H2,1H3,(H,42,43);;/q;+1;-1. The largest absolute Gasteiger partial charge is 1.00 e. The summed E-state index contributed by atoms with van der Waals surface area (Å²) in [6, 6.07) is 31.5. The van der Waals surface area contributed by atoms with Gasteiger partial charge in [-0.3, -0.25) is 4.79 Å². The van der Waals surface area contributed by atoms with Crippen molar-refractivity contribution in [3.05, 3.63) is 143 Å².